The number of rotatable bonds is 5. The summed E-state index contributed by atoms with van der Waals surface area (Å²) in [5.74, 6) is -3.99. The van der Waals surface area contributed by atoms with Crippen LogP contribution in [0.4, 0.5) is 8.78 Å². The van der Waals surface area contributed by atoms with E-state index in [0.717, 1.165) is 12.1 Å². The van der Waals surface area contributed by atoms with Crippen LogP contribution in [0.5, 0.6) is 0 Å². The molecule has 0 unspecified atom stereocenters. The fraction of sp³-hybridized carbons (Fsp3) is 0.133. The number of carboxylic acid groups (broad SMARTS) is 1. The second kappa shape index (κ2) is 7.28. The summed E-state index contributed by atoms with van der Waals surface area (Å²) in [6.45, 7) is 0. The highest BCUT2D eigenvalue weighted by Gasteiger charge is 2.22. The van der Waals surface area contributed by atoms with E-state index in [1.807, 2.05) is 0 Å². The molecule has 0 aliphatic heterocycles. The Morgan fingerprint density at radius 2 is 1.91 bits per heavy atom. The average molecular weight is 385 g/mol. The third-order valence-electron chi connectivity index (χ3n) is 2.99. The van der Waals surface area contributed by atoms with Gasteiger partial charge in [-0.25, -0.2) is 18.6 Å². The van der Waals surface area contributed by atoms with Gasteiger partial charge in [0, 0.05) is 24.2 Å². The summed E-state index contributed by atoms with van der Waals surface area (Å²) in [7, 11) is 0. The molecule has 0 radical (unpaired) electrons. The highest BCUT2D eigenvalue weighted by molar-refractivity contribution is 9.10. The molecule has 5 nitrogen and oxygen atoms in total. The molecule has 8 heteroatoms. The highest BCUT2D eigenvalue weighted by Crippen LogP contribution is 2.15. The first-order chi connectivity index (χ1) is 10.9. The van der Waals surface area contributed by atoms with Crippen LogP contribution in [0, 0.1) is 11.6 Å². The Kier molecular flexibility index (Phi) is 5.38. The van der Waals surface area contributed by atoms with Gasteiger partial charge in [0.25, 0.3) is 5.91 Å². The van der Waals surface area contributed by atoms with Gasteiger partial charge in [-0.05, 0) is 39.7 Å². The summed E-state index contributed by atoms with van der Waals surface area (Å²) >= 11 is 3.19. The number of aromatic nitrogens is 1. The number of carbonyl (C=O) groups is 2. The van der Waals surface area contributed by atoms with Crippen molar-refractivity contribution >= 4 is 27.8 Å². The summed E-state index contributed by atoms with van der Waals surface area (Å²) in [6.07, 6.45) is 1.49. The van der Waals surface area contributed by atoms with Crippen molar-refractivity contribution in [2.75, 3.05) is 0 Å². The zero-order valence-electron chi connectivity index (χ0n) is 11.6. The number of carboxylic acids is 1. The first-order valence-corrected chi connectivity index (χ1v) is 7.25. The van der Waals surface area contributed by atoms with E-state index in [1.54, 1.807) is 12.1 Å². The molecule has 0 saturated carbocycles. The number of pyridine rings is 1. The normalized spacial score (nSPS) is 11.8. The summed E-state index contributed by atoms with van der Waals surface area (Å²) in [5.41, 5.74) is 0.282. The summed E-state index contributed by atoms with van der Waals surface area (Å²) in [5, 5.41) is 11.5. The van der Waals surface area contributed by atoms with Gasteiger partial charge in [-0.15, -0.1) is 0 Å². The van der Waals surface area contributed by atoms with Crippen molar-refractivity contribution in [2.24, 2.45) is 0 Å². The number of nitrogens with zero attached hydrogens (tertiary/aromatic N) is 1. The number of amides is 1. The maximum atomic E-state index is 13.1. The van der Waals surface area contributed by atoms with Crippen LogP contribution < -0.4 is 5.32 Å². The lowest BCUT2D eigenvalue weighted by molar-refractivity contribution is -0.139. The van der Waals surface area contributed by atoms with Gasteiger partial charge in [-0.2, -0.15) is 0 Å². The Morgan fingerprint density at radius 1 is 1.26 bits per heavy atom. The van der Waals surface area contributed by atoms with Crippen LogP contribution in [0.2, 0.25) is 0 Å². The fourth-order valence-corrected chi connectivity index (χ4v) is 2.33. The van der Waals surface area contributed by atoms with E-state index in [2.05, 4.69) is 26.2 Å². The van der Waals surface area contributed by atoms with Crippen molar-refractivity contribution < 1.29 is 23.5 Å². The van der Waals surface area contributed by atoms with Gasteiger partial charge in [-0.3, -0.25) is 4.79 Å². The Labute approximate surface area is 138 Å². The first kappa shape index (κ1) is 17.0. The van der Waals surface area contributed by atoms with Gasteiger partial charge in [0.15, 0.2) is 0 Å². The number of halogens is 3. The third-order valence-corrected chi connectivity index (χ3v) is 3.70. The van der Waals surface area contributed by atoms with E-state index in [0.29, 0.717) is 16.2 Å². The third kappa shape index (κ3) is 4.56. The van der Waals surface area contributed by atoms with E-state index in [1.165, 1.54) is 6.20 Å². The molecule has 2 N–H and O–H groups in total. The van der Waals surface area contributed by atoms with Gasteiger partial charge in [0.1, 0.15) is 22.3 Å². The molecule has 120 valence electrons. The quantitative estimate of drug-likeness (QED) is 0.776. The lowest BCUT2D eigenvalue weighted by Crippen LogP contribution is -2.42. The Morgan fingerprint density at radius 3 is 2.48 bits per heavy atom. The van der Waals surface area contributed by atoms with E-state index < -0.39 is 29.6 Å². The molecule has 0 aliphatic rings. The minimum atomic E-state index is -1.27. The molecule has 1 amide bonds. The van der Waals surface area contributed by atoms with E-state index in [9.17, 15) is 23.5 Å². The molecule has 1 aromatic heterocycles. The van der Waals surface area contributed by atoms with Gasteiger partial charge >= 0.3 is 5.97 Å². The number of benzene rings is 1. The minimum Gasteiger partial charge on any atom is -0.480 e. The number of hydrogen-bond acceptors (Lipinski definition) is 3. The van der Waals surface area contributed by atoms with Crippen molar-refractivity contribution in [1.82, 2.24) is 10.3 Å². The molecule has 1 aromatic carbocycles. The second-order valence-corrected chi connectivity index (χ2v) is 5.43. The molecule has 0 aliphatic carbocycles. The van der Waals surface area contributed by atoms with Gasteiger partial charge in [-0.1, -0.05) is 6.07 Å². The average Bonchev–Trinajstić information content (AvgIpc) is 2.47. The summed E-state index contributed by atoms with van der Waals surface area (Å²) in [4.78, 5) is 27.3. The molecule has 1 atom stereocenters. The van der Waals surface area contributed by atoms with Crippen LogP contribution >= 0.6 is 15.9 Å². The van der Waals surface area contributed by atoms with Crippen LogP contribution in [0.3, 0.4) is 0 Å². The smallest absolute Gasteiger partial charge is 0.326 e. The van der Waals surface area contributed by atoms with Crippen LogP contribution in [0.25, 0.3) is 0 Å². The van der Waals surface area contributed by atoms with Crippen molar-refractivity contribution in [3.8, 4) is 0 Å². The molecule has 0 fully saturated rings. The van der Waals surface area contributed by atoms with Crippen LogP contribution in [-0.4, -0.2) is 28.0 Å². The topological polar surface area (TPSA) is 79.3 Å². The molecule has 2 aromatic rings. The van der Waals surface area contributed by atoms with E-state index in [4.69, 9.17) is 0 Å². The number of nitrogens with one attached hydrogen (secondary N) is 1. The van der Waals surface area contributed by atoms with E-state index in [-0.39, 0.29) is 12.0 Å². The zero-order valence-corrected chi connectivity index (χ0v) is 13.2. The Bertz CT molecular complexity index is 735. The molecule has 2 rings (SSSR count). The highest BCUT2D eigenvalue weighted by atomic mass is 79.9. The summed E-state index contributed by atoms with van der Waals surface area (Å²) in [6, 6.07) is 4.30. The molecule has 23 heavy (non-hydrogen) atoms. The maximum absolute atomic E-state index is 13.1. The van der Waals surface area contributed by atoms with Crippen LogP contribution in [0.1, 0.15) is 15.9 Å². The lowest BCUT2D eigenvalue weighted by atomic mass is 10.1. The molecule has 0 saturated heterocycles. The van der Waals surface area contributed by atoms with Gasteiger partial charge in [0.2, 0.25) is 0 Å². The number of hydrogen-bond donors (Lipinski definition) is 2. The summed E-state index contributed by atoms with van der Waals surface area (Å²) < 4.78 is 26.7. The molecular weight excluding hydrogens is 374 g/mol. The minimum absolute atomic E-state index is 0.0344. The number of aliphatic carboxylic acids is 1. The van der Waals surface area contributed by atoms with E-state index >= 15 is 0 Å². The zero-order chi connectivity index (χ0) is 17.0. The second-order valence-electron chi connectivity index (χ2n) is 4.68. The predicted molar refractivity (Wildman–Crippen MR) is 80.9 cm³/mol. The maximum Gasteiger partial charge on any atom is 0.326 e. The SMILES string of the molecule is O=C(N[C@H](Cc1cccnc1Br)C(=O)O)c1cc(F)cc(F)c1. The van der Waals surface area contributed by atoms with Crippen molar-refractivity contribution in [3.63, 3.8) is 0 Å². The standard InChI is InChI=1S/C15H11BrF2N2O3/c16-13-8(2-1-3-19-13)6-12(15(22)23)20-14(21)9-4-10(17)7-11(18)5-9/h1-5,7,12H,6H2,(H,20,21)(H,22,23)/t12-/m1/s1. The largest absolute Gasteiger partial charge is 0.480 e. The lowest BCUT2D eigenvalue weighted by Gasteiger charge is -2.15. The first-order valence-electron chi connectivity index (χ1n) is 6.46. The molecule has 0 spiro atoms. The Hall–Kier alpha value is -2.35. The van der Waals surface area contributed by atoms with Crippen LogP contribution in [0.15, 0.2) is 41.1 Å². The Balaban J connectivity index is 2.18. The van der Waals surface area contributed by atoms with Gasteiger partial charge < -0.3 is 10.4 Å². The van der Waals surface area contributed by atoms with Crippen molar-refractivity contribution in [1.29, 1.82) is 0 Å². The van der Waals surface area contributed by atoms with Crippen molar-refractivity contribution in [3.05, 3.63) is 63.9 Å². The number of carbonyl (C=O) groups excluding carboxylic acids is 1. The predicted octanol–water partition coefficient (Wildman–Crippen LogP) is 2.55. The molecular formula is C15H11BrF2N2O3. The monoisotopic (exact) mass is 384 g/mol. The van der Waals surface area contributed by atoms with Crippen molar-refractivity contribution in [2.45, 2.75) is 12.5 Å². The van der Waals surface area contributed by atoms with Crippen LogP contribution in [-0.2, 0) is 11.2 Å². The molecule has 1 heterocycles. The fourth-order valence-electron chi connectivity index (χ4n) is 1.92. The van der Waals surface area contributed by atoms with Gasteiger partial charge in [0.05, 0.1) is 0 Å². The molecule has 0 bridgehead atoms.